The molecule has 0 saturated heterocycles. The molecule has 136 valence electrons. The average Bonchev–Trinajstić information content (AvgIpc) is 3.21. The third kappa shape index (κ3) is 4.13. The number of nitrogens with zero attached hydrogens (tertiary/aromatic N) is 4. The monoisotopic (exact) mass is 387 g/mol. The lowest BCUT2D eigenvalue weighted by Gasteiger charge is -2.11. The molecule has 1 amide bonds. The van der Waals surface area contributed by atoms with Gasteiger partial charge in [-0.3, -0.25) is 4.79 Å². The molecule has 6 nitrogen and oxygen atoms in total. The van der Waals surface area contributed by atoms with Crippen LogP contribution in [0.15, 0.2) is 34.8 Å². The van der Waals surface area contributed by atoms with Crippen LogP contribution in [0.1, 0.15) is 25.1 Å². The molecule has 3 aromatic rings. The van der Waals surface area contributed by atoms with Gasteiger partial charge in [0.05, 0.1) is 10.9 Å². The lowest BCUT2D eigenvalue weighted by atomic mass is 10.1. The maximum absolute atomic E-state index is 12.4. The van der Waals surface area contributed by atoms with Crippen LogP contribution in [-0.4, -0.2) is 30.9 Å². The van der Waals surface area contributed by atoms with Crippen LogP contribution in [0.2, 0.25) is 0 Å². The maximum Gasteiger partial charge on any atom is 0.239 e. The Bertz CT molecular complexity index is 901. The molecule has 2 aromatic heterocycles. The largest absolute Gasteiger partial charge is 0.302 e. The smallest absolute Gasteiger partial charge is 0.239 e. The van der Waals surface area contributed by atoms with Gasteiger partial charge in [-0.1, -0.05) is 41.6 Å². The highest BCUT2D eigenvalue weighted by Gasteiger charge is 2.21. The summed E-state index contributed by atoms with van der Waals surface area (Å²) in [7, 11) is 0. The van der Waals surface area contributed by atoms with Gasteiger partial charge in [0, 0.05) is 17.5 Å². The molecule has 0 aliphatic rings. The van der Waals surface area contributed by atoms with E-state index in [-0.39, 0.29) is 11.2 Å². The van der Waals surface area contributed by atoms with Gasteiger partial charge in [0.15, 0.2) is 16.1 Å². The number of aryl methyl sites for hydroxylation is 2. The number of thioether (sulfide) groups is 1. The molecule has 2 heterocycles. The highest BCUT2D eigenvalue weighted by Crippen LogP contribution is 2.27. The van der Waals surface area contributed by atoms with E-state index in [2.05, 4.69) is 39.6 Å². The second-order valence-corrected chi connectivity index (χ2v) is 8.13. The summed E-state index contributed by atoms with van der Waals surface area (Å²) >= 11 is 2.83. The summed E-state index contributed by atoms with van der Waals surface area (Å²) in [5, 5.41) is 14.5. The second kappa shape index (κ2) is 8.01. The summed E-state index contributed by atoms with van der Waals surface area (Å²) in [6, 6.07) is 8.20. The van der Waals surface area contributed by atoms with Crippen LogP contribution in [0.5, 0.6) is 0 Å². The predicted molar refractivity (Wildman–Crippen MR) is 107 cm³/mol. The minimum atomic E-state index is -0.306. The molecule has 26 heavy (non-hydrogen) atoms. The first-order valence-corrected chi connectivity index (χ1v) is 10.1. The van der Waals surface area contributed by atoms with E-state index in [9.17, 15) is 4.79 Å². The number of rotatable bonds is 6. The predicted octanol–water partition coefficient (Wildman–Crippen LogP) is 4.16. The normalized spacial score (nSPS) is 12.2. The van der Waals surface area contributed by atoms with Gasteiger partial charge in [0.1, 0.15) is 0 Å². The van der Waals surface area contributed by atoms with Gasteiger partial charge < -0.3 is 9.88 Å². The number of carbonyl (C=O) groups is 1. The van der Waals surface area contributed by atoms with Crippen LogP contribution < -0.4 is 5.32 Å². The number of nitrogens with one attached hydrogen (secondary N) is 1. The van der Waals surface area contributed by atoms with Gasteiger partial charge in [0.2, 0.25) is 5.91 Å². The first-order valence-electron chi connectivity index (χ1n) is 8.37. The number of hydrogen-bond acceptors (Lipinski definition) is 6. The van der Waals surface area contributed by atoms with Crippen molar-refractivity contribution in [1.82, 2.24) is 19.7 Å². The zero-order valence-corrected chi connectivity index (χ0v) is 16.8. The zero-order valence-electron chi connectivity index (χ0n) is 15.2. The molecule has 0 spiro atoms. The van der Waals surface area contributed by atoms with Gasteiger partial charge in [-0.05, 0) is 27.7 Å². The summed E-state index contributed by atoms with van der Waals surface area (Å²) in [5.41, 5.74) is 3.12. The minimum Gasteiger partial charge on any atom is -0.302 e. The molecule has 1 aromatic carbocycles. The van der Waals surface area contributed by atoms with Crippen molar-refractivity contribution in [3.63, 3.8) is 0 Å². The van der Waals surface area contributed by atoms with Crippen molar-refractivity contribution in [3.05, 3.63) is 40.9 Å². The highest BCUT2D eigenvalue weighted by atomic mass is 32.2. The molecule has 8 heteroatoms. The minimum absolute atomic E-state index is 0.0908. The second-order valence-electron chi connectivity index (χ2n) is 5.96. The van der Waals surface area contributed by atoms with Gasteiger partial charge in [-0.15, -0.1) is 21.5 Å². The van der Waals surface area contributed by atoms with E-state index in [1.54, 1.807) is 0 Å². The Morgan fingerprint density at radius 1 is 1.27 bits per heavy atom. The van der Waals surface area contributed by atoms with E-state index in [0.29, 0.717) is 5.13 Å². The Balaban J connectivity index is 1.75. The molecular weight excluding hydrogens is 366 g/mol. The Hall–Kier alpha value is -2.19. The summed E-state index contributed by atoms with van der Waals surface area (Å²) < 4.78 is 2.03. The van der Waals surface area contributed by atoms with Crippen molar-refractivity contribution < 1.29 is 4.79 Å². The third-order valence-corrected chi connectivity index (χ3v) is 5.80. The van der Waals surface area contributed by atoms with E-state index < -0.39 is 0 Å². The van der Waals surface area contributed by atoms with Gasteiger partial charge in [-0.2, -0.15) is 0 Å². The first kappa shape index (κ1) is 18.6. The summed E-state index contributed by atoms with van der Waals surface area (Å²) in [4.78, 5) is 16.7. The van der Waals surface area contributed by atoms with Crippen LogP contribution in [-0.2, 0) is 11.3 Å². The van der Waals surface area contributed by atoms with E-state index in [4.69, 9.17) is 0 Å². The SMILES string of the molecule is CCn1c(S[C@H](C)C(=O)Nc2nc(C)cs2)nnc1-c1ccc(C)cc1. The Morgan fingerprint density at radius 3 is 2.62 bits per heavy atom. The van der Waals surface area contributed by atoms with E-state index in [1.807, 2.05) is 42.9 Å². The summed E-state index contributed by atoms with van der Waals surface area (Å²) in [5.74, 6) is 0.727. The van der Waals surface area contributed by atoms with Crippen molar-refractivity contribution in [2.24, 2.45) is 0 Å². The Labute approximate surface area is 161 Å². The fourth-order valence-corrected chi connectivity index (χ4v) is 4.01. The molecule has 1 N–H and O–H groups in total. The standard InChI is InChI=1S/C18H21N5OS2/c1-5-23-15(14-8-6-11(2)7-9-14)21-22-18(23)26-13(4)16(24)20-17-19-12(3)10-25-17/h6-10,13H,5H2,1-4H3,(H,19,20,24)/t13-/m1/s1. The number of carbonyl (C=O) groups excluding carboxylic acids is 1. The summed E-state index contributed by atoms with van der Waals surface area (Å²) in [6.45, 7) is 8.61. The number of hydrogen-bond donors (Lipinski definition) is 1. The number of benzene rings is 1. The van der Waals surface area contributed by atoms with Crippen LogP contribution in [0.3, 0.4) is 0 Å². The molecule has 3 rings (SSSR count). The Morgan fingerprint density at radius 2 is 2.00 bits per heavy atom. The number of anilines is 1. The van der Waals surface area contributed by atoms with Crippen molar-refractivity contribution in [2.45, 2.75) is 44.6 Å². The van der Waals surface area contributed by atoms with Crippen molar-refractivity contribution in [3.8, 4) is 11.4 Å². The third-order valence-electron chi connectivity index (χ3n) is 3.84. The van der Waals surface area contributed by atoms with Crippen molar-refractivity contribution in [2.75, 3.05) is 5.32 Å². The maximum atomic E-state index is 12.4. The molecule has 0 saturated carbocycles. The van der Waals surface area contributed by atoms with Crippen LogP contribution in [0.4, 0.5) is 5.13 Å². The van der Waals surface area contributed by atoms with Crippen molar-refractivity contribution >= 4 is 34.1 Å². The van der Waals surface area contributed by atoms with E-state index >= 15 is 0 Å². The quantitative estimate of drug-likeness (QED) is 0.643. The molecule has 0 radical (unpaired) electrons. The number of amides is 1. The van der Waals surface area contributed by atoms with Gasteiger partial charge >= 0.3 is 0 Å². The molecule has 0 fully saturated rings. The molecule has 0 aliphatic heterocycles. The summed E-state index contributed by atoms with van der Waals surface area (Å²) in [6.07, 6.45) is 0. The zero-order chi connectivity index (χ0) is 18.7. The lowest BCUT2D eigenvalue weighted by molar-refractivity contribution is -0.115. The molecule has 0 bridgehead atoms. The van der Waals surface area contributed by atoms with Crippen LogP contribution >= 0.6 is 23.1 Å². The van der Waals surface area contributed by atoms with E-state index in [1.165, 1.54) is 28.7 Å². The molecule has 0 aliphatic carbocycles. The topological polar surface area (TPSA) is 72.7 Å². The molecule has 0 unspecified atom stereocenters. The fourth-order valence-electron chi connectivity index (χ4n) is 2.41. The van der Waals surface area contributed by atoms with E-state index in [0.717, 1.165) is 28.8 Å². The number of thiazole rings is 1. The average molecular weight is 388 g/mol. The highest BCUT2D eigenvalue weighted by molar-refractivity contribution is 8.00. The van der Waals surface area contributed by atoms with Crippen LogP contribution in [0, 0.1) is 13.8 Å². The van der Waals surface area contributed by atoms with Crippen LogP contribution in [0.25, 0.3) is 11.4 Å². The number of aromatic nitrogens is 4. The fraction of sp³-hybridized carbons (Fsp3) is 0.333. The Kier molecular flexibility index (Phi) is 5.73. The lowest BCUT2D eigenvalue weighted by Crippen LogP contribution is -2.22. The van der Waals surface area contributed by atoms with Gasteiger partial charge in [0.25, 0.3) is 0 Å². The van der Waals surface area contributed by atoms with Gasteiger partial charge in [-0.25, -0.2) is 4.98 Å². The first-order chi connectivity index (χ1) is 12.5. The molecular formula is C18H21N5OS2. The van der Waals surface area contributed by atoms with Crippen molar-refractivity contribution in [1.29, 1.82) is 0 Å². The molecule has 1 atom stereocenters.